The van der Waals surface area contributed by atoms with Gasteiger partial charge in [-0.15, -0.1) is 0 Å². The molecule has 0 aliphatic heterocycles. The van der Waals surface area contributed by atoms with Crippen LogP contribution in [0.15, 0.2) is 30.3 Å². The van der Waals surface area contributed by atoms with Gasteiger partial charge in [0.15, 0.2) is 0 Å². The zero-order valence-corrected chi connectivity index (χ0v) is 12.1. The maximum atomic E-state index is 11.6. The van der Waals surface area contributed by atoms with E-state index in [4.69, 9.17) is 0 Å². The molecule has 0 spiro atoms. The molecule has 0 bridgehead atoms. The van der Waals surface area contributed by atoms with Gasteiger partial charge in [0, 0.05) is 26.6 Å². The molecular weight excluding hydrogens is 264 g/mol. The van der Waals surface area contributed by atoms with Crippen molar-refractivity contribution >= 4 is 15.9 Å². The van der Waals surface area contributed by atoms with E-state index in [-0.39, 0.29) is 5.91 Å². The summed E-state index contributed by atoms with van der Waals surface area (Å²) in [5, 5.41) is 2.60. The van der Waals surface area contributed by atoms with E-state index >= 15 is 0 Å². The Kier molecular flexibility index (Phi) is 5.98. The van der Waals surface area contributed by atoms with Gasteiger partial charge < -0.3 is 5.32 Å². The summed E-state index contributed by atoms with van der Waals surface area (Å²) in [7, 11) is -3.25. The van der Waals surface area contributed by atoms with Crippen molar-refractivity contribution in [1.82, 2.24) is 9.62 Å². The molecule has 19 heavy (non-hydrogen) atoms. The van der Waals surface area contributed by atoms with Crippen LogP contribution in [0, 0.1) is 0 Å². The third kappa shape index (κ3) is 6.35. The molecule has 0 radical (unpaired) electrons. The first-order valence-corrected chi connectivity index (χ1v) is 7.98. The molecule has 0 unspecified atom stereocenters. The van der Waals surface area contributed by atoms with Crippen molar-refractivity contribution in [2.45, 2.75) is 13.3 Å². The highest BCUT2D eigenvalue weighted by atomic mass is 32.2. The van der Waals surface area contributed by atoms with E-state index in [2.05, 4.69) is 5.32 Å². The van der Waals surface area contributed by atoms with Crippen LogP contribution in [0.25, 0.3) is 0 Å². The topological polar surface area (TPSA) is 66.5 Å². The van der Waals surface area contributed by atoms with Gasteiger partial charge in [0.05, 0.1) is 6.26 Å². The van der Waals surface area contributed by atoms with Crippen LogP contribution in [0.2, 0.25) is 0 Å². The fourth-order valence-electron chi connectivity index (χ4n) is 1.70. The summed E-state index contributed by atoms with van der Waals surface area (Å²) in [6.07, 6.45) is 1.85. The van der Waals surface area contributed by atoms with Crippen molar-refractivity contribution < 1.29 is 13.2 Å². The van der Waals surface area contributed by atoms with Crippen LogP contribution in [-0.4, -0.2) is 44.5 Å². The number of benzene rings is 1. The summed E-state index contributed by atoms with van der Waals surface area (Å²) in [4.78, 5) is 10.8. The number of nitrogens with zero attached hydrogens (tertiary/aromatic N) is 1. The third-order valence-corrected chi connectivity index (χ3v) is 4.00. The van der Waals surface area contributed by atoms with Crippen LogP contribution < -0.4 is 5.32 Å². The molecule has 0 fully saturated rings. The zero-order chi connectivity index (χ0) is 14.3. The van der Waals surface area contributed by atoms with Crippen LogP contribution in [-0.2, 0) is 21.2 Å². The Morgan fingerprint density at radius 2 is 1.84 bits per heavy atom. The van der Waals surface area contributed by atoms with Crippen LogP contribution in [0.3, 0.4) is 0 Å². The molecule has 1 amide bonds. The molecule has 5 nitrogen and oxygen atoms in total. The highest BCUT2D eigenvalue weighted by molar-refractivity contribution is 7.88. The fraction of sp³-hybridized carbons (Fsp3) is 0.462. The number of amides is 1. The van der Waals surface area contributed by atoms with E-state index in [1.807, 2.05) is 30.3 Å². The van der Waals surface area contributed by atoms with Crippen LogP contribution in [0.5, 0.6) is 0 Å². The zero-order valence-electron chi connectivity index (χ0n) is 11.3. The minimum atomic E-state index is -3.25. The van der Waals surface area contributed by atoms with E-state index in [0.29, 0.717) is 26.1 Å². The molecule has 6 heteroatoms. The molecular formula is C13H20N2O3S. The summed E-state index contributed by atoms with van der Waals surface area (Å²) in [5.41, 5.74) is 1.09. The lowest BCUT2D eigenvalue weighted by Crippen LogP contribution is -2.38. The molecule has 0 aromatic heterocycles. The summed E-state index contributed by atoms with van der Waals surface area (Å²) in [6, 6.07) is 9.71. The van der Waals surface area contributed by atoms with Gasteiger partial charge in [-0.3, -0.25) is 4.79 Å². The monoisotopic (exact) mass is 284 g/mol. The minimum absolute atomic E-state index is 0.156. The van der Waals surface area contributed by atoms with Gasteiger partial charge in [0.2, 0.25) is 15.9 Å². The largest absolute Gasteiger partial charge is 0.355 e. The van der Waals surface area contributed by atoms with Crippen molar-refractivity contribution in [2.24, 2.45) is 0 Å². The average molecular weight is 284 g/mol. The number of nitrogens with one attached hydrogen (secondary N) is 1. The molecule has 106 valence electrons. The van der Waals surface area contributed by atoms with Gasteiger partial charge in [-0.1, -0.05) is 30.3 Å². The summed E-state index contributed by atoms with van der Waals surface area (Å²) >= 11 is 0. The highest BCUT2D eigenvalue weighted by Crippen LogP contribution is 2.04. The fourth-order valence-corrected chi connectivity index (χ4v) is 2.54. The normalized spacial score (nSPS) is 11.5. The summed E-state index contributed by atoms with van der Waals surface area (Å²) in [6.45, 7) is 2.46. The number of hydrogen-bond acceptors (Lipinski definition) is 3. The van der Waals surface area contributed by atoms with Crippen molar-refractivity contribution in [1.29, 1.82) is 0 Å². The lowest BCUT2D eigenvalue weighted by atomic mass is 10.1. The molecule has 0 saturated heterocycles. The maximum absolute atomic E-state index is 11.6. The molecule has 0 aliphatic carbocycles. The van der Waals surface area contributed by atoms with Crippen molar-refractivity contribution in [3.8, 4) is 0 Å². The van der Waals surface area contributed by atoms with E-state index in [9.17, 15) is 13.2 Å². The third-order valence-electron chi connectivity index (χ3n) is 2.70. The number of carbonyl (C=O) groups excluding carboxylic acids is 1. The van der Waals surface area contributed by atoms with E-state index in [0.717, 1.165) is 5.56 Å². The molecule has 1 aromatic carbocycles. The maximum Gasteiger partial charge on any atom is 0.216 e. The predicted octanol–water partition coefficient (Wildman–Crippen LogP) is 0.627. The Morgan fingerprint density at radius 3 is 2.37 bits per heavy atom. The lowest BCUT2D eigenvalue weighted by Gasteiger charge is -2.20. The number of rotatable bonds is 7. The van der Waals surface area contributed by atoms with Crippen molar-refractivity contribution in [3.63, 3.8) is 0 Å². The Labute approximate surface area is 114 Å². The van der Waals surface area contributed by atoms with Gasteiger partial charge in [-0.2, -0.15) is 0 Å². The second kappa shape index (κ2) is 7.25. The molecule has 1 N–H and O–H groups in total. The standard InChI is InChI=1S/C13H20N2O3S/c1-12(16)14-9-11-15(19(2,17)18)10-8-13-6-4-3-5-7-13/h3-7H,8-11H2,1-2H3,(H,14,16). The Morgan fingerprint density at radius 1 is 1.21 bits per heavy atom. The van der Waals surface area contributed by atoms with Gasteiger partial charge >= 0.3 is 0 Å². The Hall–Kier alpha value is -1.40. The first-order chi connectivity index (χ1) is 8.89. The molecule has 0 saturated carbocycles. The Balaban J connectivity index is 2.53. The smallest absolute Gasteiger partial charge is 0.216 e. The van der Waals surface area contributed by atoms with Crippen LogP contribution >= 0.6 is 0 Å². The van der Waals surface area contributed by atoms with Gasteiger partial charge in [0.25, 0.3) is 0 Å². The first kappa shape index (κ1) is 15.7. The second-order valence-electron chi connectivity index (χ2n) is 4.38. The number of hydrogen-bond donors (Lipinski definition) is 1. The van der Waals surface area contributed by atoms with Crippen LogP contribution in [0.1, 0.15) is 12.5 Å². The van der Waals surface area contributed by atoms with Crippen molar-refractivity contribution in [3.05, 3.63) is 35.9 Å². The summed E-state index contributed by atoms with van der Waals surface area (Å²) in [5.74, 6) is -0.156. The highest BCUT2D eigenvalue weighted by Gasteiger charge is 2.15. The molecule has 1 aromatic rings. The van der Waals surface area contributed by atoms with Crippen LogP contribution in [0.4, 0.5) is 0 Å². The summed E-state index contributed by atoms with van der Waals surface area (Å²) < 4.78 is 24.7. The predicted molar refractivity (Wildman–Crippen MR) is 75.2 cm³/mol. The lowest BCUT2D eigenvalue weighted by molar-refractivity contribution is -0.118. The average Bonchev–Trinajstić information content (AvgIpc) is 2.33. The minimum Gasteiger partial charge on any atom is -0.355 e. The molecule has 0 heterocycles. The van der Waals surface area contributed by atoms with E-state index in [1.54, 1.807) is 0 Å². The first-order valence-electron chi connectivity index (χ1n) is 6.13. The van der Waals surface area contributed by atoms with Crippen molar-refractivity contribution in [2.75, 3.05) is 25.9 Å². The molecule has 1 rings (SSSR count). The van der Waals surface area contributed by atoms with Gasteiger partial charge in [-0.05, 0) is 12.0 Å². The number of sulfonamides is 1. The number of carbonyl (C=O) groups is 1. The van der Waals surface area contributed by atoms with E-state index in [1.165, 1.54) is 17.5 Å². The van der Waals surface area contributed by atoms with Gasteiger partial charge in [0.1, 0.15) is 0 Å². The van der Waals surface area contributed by atoms with Gasteiger partial charge in [-0.25, -0.2) is 12.7 Å². The van der Waals surface area contributed by atoms with E-state index < -0.39 is 10.0 Å². The SMILES string of the molecule is CC(=O)NCCN(CCc1ccccc1)S(C)(=O)=O. The molecule has 0 atom stereocenters. The quantitative estimate of drug-likeness (QED) is 0.798. The molecule has 0 aliphatic rings. The second-order valence-corrected chi connectivity index (χ2v) is 6.36. The Bertz CT molecular complexity index is 500.